The van der Waals surface area contributed by atoms with E-state index in [9.17, 15) is 18.0 Å². The number of benzene rings is 2. The van der Waals surface area contributed by atoms with Gasteiger partial charge in [-0.25, -0.2) is 0 Å². The number of anilines is 2. The number of carbonyl (C=O) groups excluding carboxylic acids is 1. The van der Waals surface area contributed by atoms with Gasteiger partial charge in [0.2, 0.25) is 0 Å². The minimum absolute atomic E-state index is 0.161. The van der Waals surface area contributed by atoms with E-state index in [0.717, 1.165) is 11.3 Å². The third kappa shape index (κ3) is 5.73. The predicted octanol–water partition coefficient (Wildman–Crippen LogP) is 5.45. The predicted molar refractivity (Wildman–Crippen MR) is 109 cm³/mol. The Morgan fingerprint density at radius 3 is 2.43 bits per heavy atom. The van der Waals surface area contributed by atoms with Crippen molar-refractivity contribution in [2.75, 3.05) is 11.9 Å². The second kappa shape index (κ2) is 8.86. The van der Waals surface area contributed by atoms with E-state index in [-0.39, 0.29) is 11.7 Å². The molecule has 8 heteroatoms. The highest BCUT2D eigenvalue weighted by atomic mass is 19.4. The van der Waals surface area contributed by atoms with Gasteiger partial charge in [-0.1, -0.05) is 12.1 Å². The summed E-state index contributed by atoms with van der Waals surface area (Å²) in [5.74, 6) is -0.451. The molecule has 0 spiro atoms. The van der Waals surface area contributed by atoms with Crippen LogP contribution in [0.25, 0.3) is 11.3 Å². The molecule has 0 aliphatic carbocycles. The number of ether oxygens (including phenoxy) is 1. The summed E-state index contributed by atoms with van der Waals surface area (Å²) in [7, 11) is 0. The van der Waals surface area contributed by atoms with Crippen LogP contribution in [0.4, 0.5) is 24.5 Å². The van der Waals surface area contributed by atoms with Crippen LogP contribution in [0, 0.1) is 6.92 Å². The average Bonchev–Trinajstić information content (AvgIpc) is 2.68. The van der Waals surface area contributed by atoms with Crippen molar-refractivity contribution in [3.05, 3.63) is 71.9 Å². The molecule has 0 unspecified atom stereocenters. The van der Waals surface area contributed by atoms with Crippen LogP contribution in [0.1, 0.15) is 23.0 Å². The number of carbonyl (C=O) groups is 1. The van der Waals surface area contributed by atoms with Crippen molar-refractivity contribution in [1.82, 2.24) is 10.3 Å². The molecule has 0 saturated heterocycles. The molecule has 5 nitrogen and oxygen atoms in total. The number of hydrogen-bond donors (Lipinski definition) is 2. The Morgan fingerprint density at radius 1 is 1.03 bits per heavy atom. The van der Waals surface area contributed by atoms with Crippen molar-refractivity contribution in [2.45, 2.75) is 20.2 Å². The number of hydrogen-bond acceptors (Lipinski definition) is 4. The van der Waals surface area contributed by atoms with E-state index in [0.29, 0.717) is 29.2 Å². The Kier molecular flexibility index (Phi) is 6.25. The van der Waals surface area contributed by atoms with Gasteiger partial charge in [-0.2, -0.15) is 0 Å². The summed E-state index contributed by atoms with van der Waals surface area (Å²) in [6.07, 6.45) is -4.73. The molecular weight excluding hydrogens is 395 g/mol. The van der Waals surface area contributed by atoms with Gasteiger partial charge in [0.05, 0.1) is 5.69 Å². The highest BCUT2D eigenvalue weighted by molar-refractivity contribution is 5.95. The van der Waals surface area contributed by atoms with E-state index in [1.807, 2.05) is 32.0 Å². The zero-order valence-corrected chi connectivity index (χ0v) is 16.4. The molecule has 0 atom stereocenters. The minimum Gasteiger partial charge on any atom is -0.406 e. The molecule has 0 fully saturated rings. The van der Waals surface area contributed by atoms with Gasteiger partial charge in [0.1, 0.15) is 5.75 Å². The number of pyridine rings is 1. The van der Waals surface area contributed by atoms with Crippen LogP contribution in [-0.2, 0) is 0 Å². The van der Waals surface area contributed by atoms with Crippen LogP contribution in [0.3, 0.4) is 0 Å². The first kappa shape index (κ1) is 21.2. The first-order valence-electron chi connectivity index (χ1n) is 9.23. The number of halogens is 3. The fraction of sp³-hybridized carbons (Fsp3) is 0.182. The Hall–Kier alpha value is -3.55. The summed E-state index contributed by atoms with van der Waals surface area (Å²) in [5, 5.41) is 5.91. The lowest BCUT2D eigenvalue weighted by Crippen LogP contribution is -2.22. The first-order valence-corrected chi connectivity index (χ1v) is 9.23. The molecule has 1 heterocycles. The van der Waals surface area contributed by atoms with Gasteiger partial charge in [0.25, 0.3) is 5.91 Å². The van der Waals surface area contributed by atoms with Gasteiger partial charge in [0, 0.05) is 34.7 Å². The molecular formula is C22H20F3N3O2. The summed E-state index contributed by atoms with van der Waals surface area (Å²) >= 11 is 0. The van der Waals surface area contributed by atoms with Crippen molar-refractivity contribution in [1.29, 1.82) is 0 Å². The maximum Gasteiger partial charge on any atom is 0.573 e. The summed E-state index contributed by atoms with van der Waals surface area (Å²) < 4.78 is 40.8. The Bertz CT molecular complexity index is 1030. The second-order valence-electron chi connectivity index (χ2n) is 6.52. The quantitative estimate of drug-likeness (QED) is 0.562. The van der Waals surface area contributed by atoms with E-state index in [2.05, 4.69) is 20.4 Å². The standard InChI is InChI=1S/C22H20F3N3O2/c1-3-26-21(29)16-6-4-5-15(12-16)20-13-18(11-14(2)27-20)28-17-7-9-19(10-8-17)30-22(23,24)25/h4-13H,3H2,1-2H3,(H,26,29)(H,27,28). The molecule has 0 aliphatic rings. The molecule has 2 N–H and O–H groups in total. The lowest BCUT2D eigenvalue weighted by molar-refractivity contribution is -0.274. The zero-order valence-electron chi connectivity index (χ0n) is 16.4. The fourth-order valence-corrected chi connectivity index (χ4v) is 2.88. The highest BCUT2D eigenvalue weighted by Crippen LogP contribution is 2.27. The molecule has 1 aromatic heterocycles. The normalized spacial score (nSPS) is 11.1. The number of aryl methyl sites for hydroxylation is 1. The third-order valence-electron chi connectivity index (χ3n) is 4.09. The van der Waals surface area contributed by atoms with Crippen molar-refractivity contribution < 1.29 is 22.7 Å². The van der Waals surface area contributed by atoms with E-state index >= 15 is 0 Å². The Labute approximate surface area is 171 Å². The molecule has 1 amide bonds. The van der Waals surface area contributed by atoms with Gasteiger partial charge in [-0.05, 0) is 62.4 Å². The molecule has 0 saturated carbocycles. The SMILES string of the molecule is CCNC(=O)c1cccc(-c2cc(Nc3ccc(OC(F)(F)F)cc3)cc(C)n2)c1. The first-order chi connectivity index (χ1) is 14.2. The van der Waals surface area contributed by atoms with Crippen LogP contribution in [0.15, 0.2) is 60.7 Å². The largest absolute Gasteiger partial charge is 0.573 e. The summed E-state index contributed by atoms with van der Waals surface area (Å²) in [6.45, 7) is 4.22. The van der Waals surface area contributed by atoms with Crippen molar-refractivity contribution in [2.24, 2.45) is 0 Å². The van der Waals surface area contributed by atoms with Gasteiger partial charge in [0.15, 0.2) is 0 Å². The summed E-state index contributed by atoms with van der Waals surface area (Å²) in [5.41, 5.74) is 4.03. The molecule has 30 heavy (non-hydrogen) atoms. The van der Waals surface area contributed by atoms with Gasteiger partial charge < -0.3 is 15.4 Å². The van der Waals surface area contributed by atoms with Crippen LogP contribution < -0.4 is 15.4 Å². The minimum atomic E-state index is -4.73. The highest BCUT2D eigenvalue weighted by Gasteiger charge is 2.30. The lowest BCUT2D eigenvalue weighted by atomic mass is 10.1. The number of rotatable bonds is 6. The van der Waals surface area contributed by atoms with E-state index < -0.39 is 6.36 Å². The van der Waals surface area contributed by atoms with Gasteiger partial charge in [-0.15, -0.1) is 13.2 Å². The number of nitrogens with one attached hydrogen (secondary N) is 2. The van der Waals surface area contributed by atoms with Crippen molar-refractivity contribution in [3.63, 3.8) is 0 Å². The lowest BCUT2D eigenvalue weighted by Gasteiger charge is -2.12. The van der Waals surface area contributed by atoms with Crippen LogP contribution in [0.2, 0.25) is 0 Å². The van der Waals surface area contributed by atoms with Crippen LogP contribution >= 0.6 is 0 Å². The van der Waals surface area contributed by atoms with Gasteiger partial charge >= 0.3 is 6.36 Å². The number of amides is 1. The smallest absolute Gasteiger partial charge is 0.406 e. The molecule has 2 aromatic carbocycles. The number of nitrogens with zero attached hydrogens (tertiary/aromatic N) is 1. The maximum absolute atomic E-state index is 12.3. The molecule has 156 valence electrons. The van der Waals surface area contributed by atoms with E-state index in [4.69, 9.17) is 0 Å². The molecule has 0 radical (unpaired) electrons. The third-order valence-corrected chi connectivity index (χ3v) is 4.09. The zero-order chi connectivity index (χ0) is 21.7. The monoisotopic (exact) mass is 415 g/mol. The molecule has 0 bridgehead atoms. The molecule has 0 aliphatic heterocycles. The number of alkyl halides is 3. The molecule has 3 rings (SSSR count). The van der Waals surface area contributed by atoms with E-state index in [1.165, 1.54) is 24.3 Å². The maximum atomic E-state index is 12.3. The second-order valence-corrected chi connectivity index (χ2v) is 6.52. The summed E-state index contributed by atoms with van der Waals surface area (Å²) in [6, 6.07) is 16.2. The van der Waals surface area contributed by atoms with Gasteiger partial charge in [-0.3, -0.25) is 9.78 Å². The average molecular weight is 415 g/mol. The Balaban J connectivity index is 1.82. The summed E-state index contributed by atoms with van der Waals surface area (Å²) in [4.78, 5) is 16.6. The topological polar surface area (TPSA) is 63.2 Å². The number of aromatic nitrogens is 1. The van der Waals surface area contributed by atoms with Crippen LogP contribution in [0.5, 0.6) is 5.75 Å². The van der Waals surface area contributed by atoms with Crippen LogP contribution in [-0.4, -0.2) is 23.8 Å². The fourth-order valence-electron chi connectivity index (χ4n) is 2.88. The Morgan fingerprint density at radius 2 is 1.77 bits per heavy atom. The van der Waals surface area contributed by atoms with Crippen molar-refractivity contribution >= 4 is 17.3 Å². The van der Waals surface area contributed by atoms with E-state index in [1.54, 1.807) is 18.2 Å². The van der Waals surface area contributed by atoms with Crippen molar-refractivity contribution in [3.8, 4) is 17.0 Å². The molecule has 3 aromatic rings.